The van der Waals surface area contributed by atoms with Crippen molar-refractivity contribution in [3.05, 3.63) is 76.5 Å². The molecular weight excluding hydrogens is 348 g/mol. The third kappa shape index (κ3) is 2.74. The van der Waals surface area contributed by atoms with E-state index < -0.39 is 0 Å². The van der Waals surface area contributed by atoms with Gasteiger partial charge in [-0.25, -0.2) is 4.68 Å². The van der Waals surface area contributed by atoms with Gasteiger partial charge < -0.3 is 5.32 Å². The SMILES string of the molecule is Cc1ccc(-c2nc3n(n2)C(c2cccc(C)c2)C2=C(CCCC2=O)N3)cc1. The molecule has 5 heteroatoms. The van der Waals surface area contributed by atoms with Gasteiger partial charge in [0.1, 0.15) is 6.04 Å². The van der Waals surface area contributed by atoms with Crippen LogP contribution in [0.5, 0.6) is 0 Å². The van der Waals surface area contributed by atoms with Gasteiger partial charge in [0.15, 0.2) is 11.6 Å². The van der Waals surface area contributed by atoms with Crippen LogP contribution in [-0.2, 0) is 4.79 Å². The molecule has 2 heterocycles. The van der Waals surface area contributed by atoms with Gasteiger partial charge in [0, 0.05) is 23.3 Å². The average molecular weight is 370 g/mol. The zero-order chi connectivity index (χ0) is 19.3. The number of aryl methyl sites for hydroxylation is 2. The molecule has 1 aliphatic heterocycles. The largest absolute Gasteiger partial charge is 0.328 e. The fraction of sp³-hybridized carbons (Fsp3) is 0.261. The number of nitrogens with one attached hydrogen (secondary N) is 1. The fourth-order valence-corrected chi connectivity index (χ4v) is 4.13. The van der Waals surface area contributed by atoms with Crippen LogP contribution in [0.25, 0.3) is 11.4 Å². The number of fused-ring (bicyclic) bond motifs is 1. The highest BCUT2D eigenvalue weighted by Crippen LogP contribution is 2.40. The van der Waals surface area contributed by atoms with Gasteiger partial charge in [0.05, 0.1) is 0 Å². The zero-order valence-electron chi connectivity index (χ0n) is 16.1. The molecule has 5 rings (SSSR count). The number of rotatable bonds is 2. The molecule has 0 bridgehead atoms. The molecule has 2 aromatic carbocycles. The summed E-state index contributed by atoms with van der Waals surface area (Å²) in [4.78, 5) is 17.6. The lowest BCUT2D eigenvalue weighted by atomic mass is 9.85. The number of anilines is 1. The first-order chi connectivity index (χ1) is 13.6. The molecule has 1 aliphatic carbocycles. The van der Waals surface area contributed by atoms with E-state index in [1.807, 2.05) is 22.9 Å². The third-order valence-corrected chi connectivity index (χ3v) is 5.54. The van der Waals surface area contributed by atoms with Gasteiger partial charge in [0.25, 0.3) is 0 Å². The summed E-state index contributed by atoms with van der Waals surface area (Å²) in [6.45, 7) is 4.14. The van der Waals surface area contributed by atoms with Crippen LogP contribution in [0, 0.1) is 13.8 Å². The highest BCUT2D eigenvalue weighted by molar-refractivity contribution is 5.99. The summed E-state index contributed by atoms with van der Waals surface area (Å²) < 4.78 is 1.88. The lowest BCUT2D eigenvalue weighted by Gasteiger charge is -2.32. The zero-order valence-corrected chi connectivity index (χ0v) is 16.1. The Balaban J connectivity index is 1.68. The smallest absolute Gasteiger partial charge is 0.226 e. The van der Waals surface area contributed by atoms with Crippen LogP contribution in [0.3, 0.4) is 0 Å². The fourth-order valence-electron chi connectivity index (χ4n) is 4.13. The minimum Gasteiger partial charge on any atom is -0.328 e. The average Bonchev–Trinajstić information content (AvgIpc) is 3.10. The van der Waals surface area contributed by atoms with E-state index in [2.05, 4.69) is 49.5 Å². The van der Waals surface area contributed by atoms with E-state index in [1.54, 1.807) is 0 Å². The lowest BCUT2D eigenvalue weighted by Crippen LogP contribution is -2.31. The molecule has 0 amide bonds. The van der Waals surface area contributed by atoms with E-state index in [0.29, 0.717) is 18.2 Å². The molecular formula is C23H22N4O. The first-order valence-electron chi connectivity index (χ1n) is 9.73. The Morgan fingerprint density at radius 1 is 1.04 bits per heavy atom. The van der Waals surface area contributed by atoms with Crippen LogP contribution in [0.2, 0.25) is 0 Å². The molecule has 2 aliphatic rings. The Hall–Kier alpha value is -3.21. The Kier molecular flexibility index (Phi) is 3.90. The summed E-state index contributed by atoms with van der Waals surface area (Å²) in [6.07, 6.45) is 2.35. The predicted molar refractivity (Wildman–Crippen MR) is 109 cm³/mol. The Morgan fingerprint density at radius 3 is 2.64 bits per heavy atom. The second kappa shape index (κ2) is 6.44. The van der Waals surface area contributed by atoms with Crippen molar-refractivity contribution in [1.29, 1.82) is 0 Å². The molecule has 28 heavy (non-hydrogen) atoms. The van der Waals surface area contributed by atoms with Crippen LogP contribution >= 0.6 is 0 Å². The predicted octanol–water partition coefficient (Wildman–Crippen LogP) is 4.58. The monoisotopic (exact) mass is 370 g/mol. The minimum atomic E-state index is -0.231. The quantitative estimate of drug-likeness (QED) is 0.717. The van der Waals surface area contributed by atoms with Crippen molar-refractivity contribution < 1.29 is 4.79 Å². The summed E-state index contributed by atoms with van der Waals surface area (Å²) in [6, 6.07) is 16.3. The highest BCUT2D eigenvalue weighted by Gasteiger charge is 2.36. The molecule has 0 spiro atoms. The van der Waals surface area contributed by atoms with Crippen molar-refractivity contribution in [2.45, 2.75) is 39.2 Å². The Labute approximate surface area is 164 Å². The third-order valence-electron chi connectivity index (χ3n) is 5.54. The van der Waals surface area contributed by atoms with Gasteiger partial charge >= 0.3 is 0 Å². The topological polar surface area (TPSA) is 59.8 Å². The van der Waals surface area contributed by atoms with E-state index in [-0.39, 0.29) is 11.8 Å². The number of carbonyl (C=O) groups is 1. The first kappa shape index (κ1) is 16.9. The first-order valence-corrected chi connectivity index (χ1v) is 9.73. The van der Waals surface area contributed by atoms with Crippen LogP contribution in [0.1, 0.15) is 42.0 Å². The van der Waals surface area contributed by atoms with Crippen molar-refractivity contribution in [2.24, 2.45) is 0 Å². The molecule has 5 nitrogen and oxygen atoms in total. The Bertz CT molecular complexity index is 1110. The highest BCUT2D eigenvalue weighted by atomic mass is 16.1. The number of hydrogen-bond acceptors (Lipinski definition) is 4. The maximum Gasteiger partial charge on any atom is 0.226 e. The second-order valence-electron chi connectivity index (χ2n) is 7.68. The van der Waals surface area contributed by atoms with Gasteiger partial charge in [0.2, 0.25) is 5.95 Å². The number of hydrogen-bond donors (Lipinski definition) is 1. The standard InChI is InChI=1S/C23H22N4O/c1-14-9-11-16(12-10-14)22-25-23-24-18-7-4-8-19(28)20(18)21(27(23)26-22)17-6-3-5-15(2)13-17/h3,5-6,9-13,21H,4,7-8H2,1-2H3,(H,24,25,26). The number of nitrogens with zero attached hydrogens (tertiary/aromatic N) is 3. The van der Waals surface area contributed by atoms with Gasteiger partial charge in [-0.05, 0) is 32.3 Å². The number of carbonyl (C=O) groups excluding carboxylic acids is 1. The summed E-state index contributed by atoms with van der Waals surface area (Å²) in [5.74, 6) is 1.58. The van der Waals surface area contributed by atoms with Crippen LogP contribution in [0.15, 0.2) is 59.8 Å². The van der Waals surface area contributed by atoms with Gasteiger partial charge in [-0.2, -0.15) is 4.98 Å². The van der Waals surface area contributed by atoms with E-state index in [1.165, 1.54) is 11.1 Å². The normalized spacial score (nSPS) is 18.5. The molecule has 140 valence electrons. The van der Waals surface area contributed by atoms with E-state index in [4.69, 9.17) is 10.1 Å². The molecule has 3 aromatic rings. The molecule has 1 aromatic heterocycles. The van der Waals surface area contributed by atoms with E-state index in [9.17, 15) is 4.79 Å². The number of allylic oxidation sites excluding steroid dienone is 2. The number of benzene rings is 2. The second-order valence-corrected chi connectivity index (χ2v) is 7.68. The maximum atomic E-state index is 12.9. The number of ketones is 1. The molecule has 1 N–H and O–H groups in total. The van der Waals surface area contributed by atoms with Gasteiger partial charge in [-0.3, -0.25) is 4.79 Å². The summed E-state index contributed by atoms with van der Waals surface area (Å²) in [7, 11) is 0. The molecule has 1 atom stereocenters. The van der Waals surface area contributed by atoms with E-state index in [0.717, 1.165) is 35.2 Å². The minimum absolute atomic E-state index is 0.207. The molecule has 1 unspecified atom stereocenters. The van der Waals surface area contributed by atoms with Crippen molar-refractivity contribution in [2.75, 3.05) is 5.32 Å². The summed E-state index contributed by atoms with van der Waals surface area (Å²) in [5.41, 5.74) is 6.25. The molecule has 0 saturated carbocycles. The van der Waals surface area contributed by atoms with Gasteiger partial charge in [-0.1, -0.05) is 59.7 Å². The lowest BCUT2D eigenvalue weighted by molar-refractivity contribution is -0.116. The van der Waals surface area contributed by atoms with E-state index >= 15 is 0 Å². The van der Waals surface area contributed by atoms with Crippen molar-refractivity contribution in [3.8, 4) is 11.4 Å². The van der Waals surface area contributed by atoms with Crippen LogP contribution in [-0.4, -0.2) is 20.5 Å². The maximum absolute atomic E-state index is 12.9. The molecule has 0 radical (unpaired) electrons. The molecule has 0 saturated heterocycles. The molecule has 0 fully saturated rings. The number of aromatic nitrogens is 3. The van der Waals surface area contributed by atoms with Crippen molar-refractivity contribution >= 4 is 11.7 Å². The van der Waals surface area contributed by atoms with Crippen molar-refractivity contribution in [1.82, 2.24) is 14.8 Å². The number of Topliss-reactive ketones (excluding diaryl/α,β-unsaturated/α-hetero) is 1. The summed E-state index contributed by atoms with van der Waals surface area (Å²) in [5, 5.41) is 8.21. The Morgan fingerprint density at radius 2 is 1.86 bits per heavy atom. The van der Waals surface area contributed by atoms with Gasteiger partial charge in [-0.15, -0.1) is 5.10 Å². The van der Waals surface area contributed by atoms with Crippen LogP contribution in [0.4, 0.5) is 5.95 Å². The van der Waals surface area contributed by atoms with Crippen molar-refractivity contribution in [3.63, 3.8) is 0 Å². The van der Waals surface area contributed by atoms with Crippen LogP contribution < -0.4 is 5.32 Å². The summed E-state index contributed by atoms with van der Waals surface area (Å²) >= 11 is 0.